The summed E-state index contributed by atoms with van der Waals surface area (Å²) in [6.07, 6.45) is 0.669. The summed E-state index contributed by atoms with van der Waals surface area (Å²) in [5.74, 6) is -0.362. The summed E-state index contributed by atoms with van der Waals surface area (Å²) in [6, 6.07) is 3.97. The molecule has 1 aromatic rings. The van der Waals surface area contributed by atoms with Crippen molar-refractivity contribution in [3.8, 4) is 0 Å². The first kappa shape index (κ1) is 17.6. The number of hydrogen-bond donors (Lipinski definition) is 1. The predicted molar refractivity (Wildman–Crippen MR) is 91.2 cm³/mol. The Morgan fingerprint density at radius 3 is 2.48 bits per heavy atom. The minimum absolute atomic E-state index is 0.240. The van der Waals surface area contributed by atoms with Crippen LogP contribution in [0, 0.1) is 6.92 Å². The number of hydrogen-bond acceptors (Lipinski definition) is 4. The molecule has 0 unspecified atom stereocenters. The average Bonchev–Trinajstić information content (AvgIpc) is 2.55. The second kappa shape index (κ2) is 7.21. The number of carbonyl (C=O) groups excluding carboxylic acids is 1. The fraction of sp³-hybridized carbons (Fsp3) is 0.500. The summed E-state index contributed by atoms with van der Waals surface area (Å²) >= 11 is 3.45. The maximum atomic E-state index is 11.9. The fourth-order valence-corrected chi connectivity index (χ4v) is 3.44. The number of amides is 1. The third kappa shape index (κ3) is 3.77. The Morgan fingerprint density at radius 2 is 1.96 bits per heavy atom. The SMILES string of the molecule is COC(=O)c1cc(Br)cc(N(C)C2CCN(C(=O)O)CC2)c1C. The summed E-state index contributed by atoms with van der Waals surface area (Å²) in [6.45, 7) is 2.96. The normalized spacial score (nSPS) is 15.4. The highest BCUT2D eigenvalue weighted by molar-refractivity contribution is 9.10. The Balaban J connectivity index is 2.23. The van der Waals surface area contributed by atoms with E-state index >= 15 is 0 Å². The number of anilines is 1. The van der Waals surface area contributed by atoms with E-state index in [4.69, 9.17) is 9.84 Å². The molecule has 1 fully saturated rings. The first-order valence-electron chi connectivity index (χ1n) is 7.44. The monoisotopic (exact) mass is 384 g/mol. The zero-order valence-corrected chi connectivity index (χ0v) is 15.1. The van der Waals surface area contributed by atoms with E-state index in [0.29, 0.717) is 18.7 Å². The summed E-state index contributed by atoms with van der Waals surface area (Å²) in [5, 5.41) is 9.04. The quantitative estimate of drug-likeness (QED) is 0.810. The Hall–Kier alpha value is -1.76. The van der Waals surface area contributed by atoms with Gasteiger partial charge >= 0.3 is 12.1 Å². The number of halogens is 1. The van der Waals surface area contributed by atoms with Crippen LogP contribution in [-0.4, -0.2) is 55.4 Å². The van der Waals surface area contributed by atoms with Crippen LogP contribution in [0.3, 0.4) is 0 Å². The topological polar surface area (TPSA) is 70.1 Å². The molecule has 0 aromatic heterocycles. The summed E-state index contributed by atoms with van der Waals surface area (Å²) < 4.78 is 5.66. The van der Waals surface area contributed by atoms with E-state index in [2.05, 4.69) is 20.8 Å². The number of piperidine rings is 1. The number of esters is 1. The second-order valence-corrected chi connectivity index (χ2v) is 6.62. The summed E-state index contributed by atoms with van der Waals surface area (Å²) in [7, 11) is 3.35. The lowest BCUT2D eigenvalue weighted by Crippen LogP contribution is -2.45. The third-order valence-corrected chi connectivity index (χ3v) is 4.87. The molecule has 0 saturated carbocycles. The predicted octanol–water partition coefficient (Wildman–Crippen LogP) is 3.12. The molecular formula is C16H21BrN2O4. The van der Waals surface area contributed by atoms with Crippen LogP contribution in [0.25, 0.3) is 0 Å². The minimum atomic E-state index is -0.863. The van der Waals surface area contributed by atoms with Gasteiger partial charge in [0.2, 0.25) is 0 Å². The van der Waals surface area contributed by atoms with E-state index in [0.717, 1.165) is 28.6 Å². The molecule has 7 heteroatoms. The number of carbonyl (C=O) groups is 2. The Morgan fingerprint density at radius 1 is 1.35 bits per heavy atom. The number of benzene rings is 1. The first-order valence-corrected chi connectivity index (χ1v) is 8.23. The molecule has 1 aromatic carbocycles. The number of rotatable bonds is 3. The van der Waals surface area contributed by atoms with Gasteiger partial charge in [0.25, 0.3) is 0 Å². The molecular weight excluding hydrogens is 364 g/mol. The van der Waals surface area contributed by atoms with Crippen LogP contribution in [0.2, 0.25) is 0 Å². The molecule has 0 spiro atoms. The zero-order chi connectivity index (χ0) is 17.1. The number of ether oxygens (including phenoxy) is 1. The molecule has 1 amide bonds. The highest BCUT2D eigenvalue weighted by atomic mass is 79.9. The van der Waals surface area contributed by atoms with Crippen molar-refractivity contribution in [3.05, 3.63) is 27.7 Å². The van der Waals surface area contributed by atoms with Crippen molar-refractivity contribution >= 4 is 33.7 Å². The highest BCUT2D eigenvalue weighted by Crippen LogP contribution is 2.31. The largest absolute Gasteiger partial charge is 0.465 e. The van der Waals surface area contributed by atoms with Crippen molar-refractivity contribution in [1.82, 2.24) is 4.90 Å². The van der Waals surface area contributed by atoms with Crippen LogP contribution >= 0.6 is 15.9 Å². The van der Waals surface area contributed by atoms with Gasteiger partial charge < -0.3 is 19.6 Å². The Labute approximate surface area is 144 Å². The number of carboxylic acid groups (broad SMARTS) is 1. The van der Waals surface area contributed by atoms with E-state index in [1.807, 2.05) is 20.0 Å². The van der Waals surface area contributed by atoms with Gasteiger partial charge in [-0.2, -0.15) is 0 Å². The molecule has 0 aliphatic carbocycles. The van der Waals surface area contributed by atoms with Crippen LogP contribution in [0.5, 0.6) is 0 Å². The summed E-state index contributed by atoms with van der Waals surface area (Å²) in [4.78, 5) is 26.5. The van der Waals surface area contributed by atoms with E-state index < -0.39 is 6.09 Å². The van der Waals surface area contributed by atoms with Crippen molar-refractivity contribution in [2.75, 3.05) is 32.1 Å². The van der Waals surface area contributed by atoms with Crippen molar-refractivity contribution < 1.29 is 19.4 Å². The van der Waals surface area contributed by atoms with Gasteiger partial charge in [0.05, 0.1) is 12.7 Å². The molecule has 1 aliphatic rings. The lowest BCUT2D eigenvalue weighted by atomic mass is 10.0. The molecule has 1 N–H and O–H groups in total. The minimum Gasteiger partial charge on any atom is -0.465 e. The van der Waals surface area contributed by atoms with Gasteiger partial charge in [0.1, 0.15) is 0 Å². The fourth-order valence-electron chi connectivity index (χ4n) is 2.99. The highest BCUT2D eigenvalue weighted by Gasteiger charge is 2.26. The van der Waals surface area contributed by atoms with E-state index in [1.54, 1.807) is 6.07 Å². The van der Waals surface area contributed by atoms with Gasteiger partial charge in [0, 0.05) is 36.3 Å². The van der Waals surface area contributed by atoms with Gasteiger partial charge in [-0.1, -0.05) is 15.9 Å². The van der Waals surface area contributed by atoms with Crippen LogP contribution in [0.15, 0.2) is 16.6 Å². The molecule has 1 aliphatic heterocycles. The van der Waals surface area contributed by atoms with Crippen LogP contribution in [0.1, 0.15) is 28.8 Å². The van der Waals surface area contributed by atoms with Crippen LogP contribution < -0.4 is 4.90 Å². The molecule has 0 radical (unpaired) electrons. The van der Waals surface area contributed by atoms with Gasteiger partial charge in [0.15, 0.2) is 0 Å². The second-order valence-electron chi connectivity index (χ2n) is 5.70. The lowest BCUT2D eigenvalue weighted by molar-refractivity contribution is 0.0599. The lowest BCUT2D eigenvalue weighted by Gasteiger charge is -2.37. The summed E-state index contributed by atoms with van der Waals surface area (Å²) in [5.41, 5.74) is 2.35. The van der Waals surface area contributed by atoms with Crippen molar-refractivity contribution in [2.45, 2.75) is 25.8 Å². The van der Waals surface area contributed by atoms with E-state index in [1.165, 1.54) is 12.0 Å². The van der Waals surface area contributed by atoms with Crippen molar-refractivity contribution in [3.63, 3.8) is 0 Å². The van der Waals surface area contributed by atoms with Crippen molar-refractivity contribution in [2.24, 2.45) is 0 Å². The number of likely N-dealkylation sites (tertiary alicyclic amines) is 1. The first-order chi connectivity index (χ1) is 10.8. The molecule has 126 valence electrons. The molecule has 1 saturated heterocycles. The van der Waals surface area contributed by atoms with Crippen LogP contribution in [0.4, 0.5) is 10.5 Å². The smallest absolute Gasteiger partial charge is 0.407 e. The number of nitrogens with zero attached hydrogens (tertiary/aromatic N) is 2. The number of methoxy groups -OCH3 is 1. The van der Waals surface area contributed by atoms with Gasteiger partial charge in [-0.25, -0.2) is 9.59 Å². The maximum Gasteiger partial charge on any atom is 0.407 e. The Kier molecular flexibility index (Phi) is 5.51. The molecule has 0 atom stereocenters. The zero-order valence-electron chi connectivity index (χ0n) is 13.5. The average molecular weight is 385 g/mol. The molecule has 0 bridgehead atoms. The van der Waals surface area contributed by atoms with Crippen molar-refractivity contribution in [1.29, 1.82) is 0 Å². The molecule has 2 rings (SSSR count). The maximum absolute atomic E-state index is 11.9. The van der Waals surface area contributed by atoms with Gasteiger partial charge in [-0.3, -0.25) is 0 Å². The van der Waals surface area contributed by atoms with E-state index in [-0.39, 0.29) is 12.0 Å². The molecule has 23 heavy (non-hydrogen) atoms. The molecule has 6 nitrogen and oxygen atoms in total. The van der Waals surface area contributed by atoms with E-state index in [9.17, 15) is 9.59 Å². The van der Waals surface area contributed by atoms with Gasteiger partial charge in [-0.05, 0) is 37.5 Å². The molecule has 1 heterocycles. The van der Waals surface area contributed by atoms with Crippen LogP contribution in [-0.2, 0) is 4.74 Å². The standard InChI is InChI=1S/C16H21BrN2O4/c1-10-13(15(20)23-3)8-11(17)9-14(10)18(2)12-4-6-19(7-5-12)16(21)22/h8-9,12H,4-7H2,1-3H3,(H,21,22). The van der Waals surface area contributed by atoms with Gasteiger partial charge in [-0.15, -0.1) is 0 Å². The Bertz CT molecular complexity index is 612. The third-order valence-electron chi connectivity index (χ3n) is 4.41.